The van der Waals surface area contributed by atoms with Gasteiger partial charge in [-0.05, 0) is 44.1 Å². The van der Waals surface area contributed by atoms with Crippen LogP contribution >= 0.6 is 0 Å². The van der Waals surface area contributed by atoms with Gasteiger partial charge in [-0.2, -0.15) is 0 Å². The number of piperidine rings is 1. The lowest BCUT2D eigenvalue weighted by Gasteiger charge is -2.32. The highest BCUT2D eigenvalue weighted by Crippen LogP contribution is 2.26. The fraction of sp³-hybridized carbons (Fsp3) is 0.938. The van der Waals surface area contributed by atoms with Gasteiger partial charge in [-0.15, -0.1) is 0 Å². The first-order valence-corrected chi connectivity index (χ1v) is 8.21. The van der Waals surface area contributed by atoms with Gasteiger partial charge in [0.15, 0.2) is 0 Å². The zero-order valence-corrected chi connectivity index (χ0v) is 12.6. The summed E-state index contributed by atoms with van der Waals surface area (Å²) in [5, 5.41) is 6.77. The molecule has 1 aliphatic carbocycles. The molecule has 1 heterocycles. The van der Waals surface area contributed by atoms with Crippen LogP contribution in [0, 0.1) is 11.8 Å². The van der Waals surface area contributed by atoms with E-state index in [0.717, 1.165) is 12.5 Å². The van der Waals surface area contributed by atoms with Crippen molar-refractivity contribution < 1.29 is 4.79 Å². The Morgan fingerprint density at radius 2 is 2.11 bits per heavy atom. The minimum absolute atomic E-state index is 0.257. The molecule has 1 amide bonds. The van der Waals surface area contributed by atoms with Crippen molar-refractivity contribution in [1.29, 1.82) is 0 Å². The minimum Gasteiger partial charge on any atom is -0.353 e. The molecule has 2 aliphatic rings. The maximum absolute atomic E-state index is 12.2. The van der Waals surface area contributed by atoms with Crippen molar-refractivity contribution >= 4 is 5.91 Å². The van der Waals surface area contributed by atoms with Crippen LogP contribution in [0.1, 0.15) is 65.2 Å². The third kappa shape index (κ3) is 4.48. The first kappa shape index (κ1) is 14.8. The summed E-state index contributed by atoms with van der Waals surface area (Å²) < 4.78 is 0. The van der Waals surface area contributed by atoms with E-state index in [2.05, 4.69) is 24.5 Å². The van der Waals surface area contributed by atoms with Gasteiger partial charge in [-0.3, -0.25) is 4.79 Å². The van der Waals surface area contributed by atoms with E-state index >= 15 is 0 Å². The van der Waals surface area contributed by atoms with Crippen LogP contribution < -0.4 is 10.6 Å². The SMILES string of the molecule is CCC1CCCC(NC(=O)CC2NCCCC2C)C1. The average molecular weight is 266 g/mol. The van der Waals surface area contributed by atoms with Crippen LogP contribution in [0.15, 0.2) is 0 Å². The van der Waals surface area contributed by atoms with Gasteiger partial charge >= 0.3 is 0 Å². The Bertz CT molecular complexity index is 292. The van der Waals surface area contributed by atoms with Crippen molar-refractivity contribution in [2.75, 3.05) is 6.54 Å². The highest BCUT2D eigenvalue weighted by Gasteiger charge is 2.26. The summed E-state index contributed by atoms with van der Waals surface area (Å²) in [6.07, 6.45) is 9.42. The zero-order chi connectivity index (χ0) is 13.7. The van der Waals surface area contributed by atoms with Gasteiger partial charge in [0.1, 0.15) is 0 Å². The number of rotatable bonds is 4. The lowest BCUT2D eigenvalue weighted by atomic mass is 9.84. The largest absolute Gasteiger partial charge is 0.353 e. The third-order valence-electron chi connectivity index (χ3n) is 5.06. The molecule has 110 valence electrons. The maximum atomic E-state index is 12.2. The first-order valence-electron chi connectivity index (χ1n) is 8.21. The van der Waals surface area contributed by atoms with Crippen molar-refractivity contribution in [3.63, 3.8) is 0 Å². The predicted molar refractivity (Wildman–Crippen MR) is 79.0 cm³/mol. The lowest BCUT2D eigenvalue weighted by Crippen LogP contribution is -2.46. The van der Waals surface area contributed by atoms with Gasteiger partial charge in [0.2, 0.25) is 5.91 Å². The molecule has 19 heavy (non-hydrogen) atoms. The Balaban J connectivity index is 1.74. The second-order valence-electron chi connectivity index (χ2n) is 6.59. The number of hydrogen-bond donors (Lipinski definition) is 2. The number of nitrogens with one attached hydrogen (secondary N) is 2. The molecule has 1 saturated carbocycles. The normalized spacial score (nSPS) is 35.9. The minimum atomic E-state index is 0.257. The Kier molecular flexibility index (Phi) is 5.68. The molecule has 3 heteroatoms. The molecule has 4 unspecified atom stereocenters. The van der Waals surface area contributed by atoms with E-state index in [1.807, 2.05) is 0 Å². The Morgan fingerprint density at radius 1 is 1.26 bits per heavy atom. The third-order valence-corrected chi connectivity index (χ3v) is 5.06. The van der Waals surface area contributed by atoms with Crippen LogP contribution in [0.4, 0.5) is 0 Å². The maximum Gasteiger partial charge on any atom is 0.221 e. The summed E-state index contributed by atoms with van der Waals surface area (Å²) >= 11 is 0. The number of amides is 1. The smallest absolute Gasteiger partial charge is 0.221 e. The number of carbonyl (C=O) groups excluding carboxylic acids is 1. The summed E-state index contributed by atoms with van der Waals surface area (Å²) in [5.41, 5.74) is 0. The topological polar surface area (TPSA) is 41.1 Å². The van der Waals surface area contributed by atoms with Crippen molar-refractivity contribution in [1.82, 2.24) is 10.6 Å². The van der Waals surface area contributed by atoms with Crippen molar-refractivity contribution in [3.05, 3.63) is 0 Å². The van der Waals surface area contributed by atoms with Crippen molar-refractivity contribution in [2.24, 2.45) is 11.8 Å². The van der Waals surface area contributed by atoms with E-state index in [-0.39, 0.29) is 5.91 Å². The Labute approximate surface area is 117 Å². The molecule has 1 saturated heterocycles. The van der Waals surface area contributed by atoms with Crippen LogP contribution in [-0.2, 0) is 4.79 Å². The second-order valence-corrected chi connectivity index (χ2v) is 6.59. The molecular formula is C16H30N2O. The van der Waals surface area contributed by atoms with E-state index in [1.165, 1.54) is 44.9 Å². The zero-order valence-electron chi connectivity index (χ0n) is 12.6. The second kappa shape index (κ2) is 7.28. The fourth-order valence-corrected chi connectivity index (χ4v) is 3.67. The van der Waals surface area contributed by atoms with Crippen molar-refractivity contribution in [2.45, 2.75) is 77.3 Å². The first-order chi connectivity index (χ1) is 9.19. The van der Waals surface area contributed by atoms with Crippen LogP contribution in [0.2, 0.25) is 0 Å². The predicted octanol–water partition coefficient (Wildman–Crippen LogP) is 2.85. The summed E-state index contributed by atoms with van der Waals surface area (Å²) in [7, 11) is 0. The molecule has 2 fully saturated rings. The van der Waals surface area contributed by atoms with Gasteiger partial charge in [0.05, 0.1) is 0 Å². The van der Waals surface area contributed by atoms with Crippen LogP contribution in [-0.4, -0.2) is 24.5 Å². The average Bonchev–Trinajstić information content (AvgIpc) is 2.41. The molecule has 0 bridgehead atoms. The number of carbonyl (C=O) groups is 1. The molecule has 0 aromatic heterocycles. The molecule has 4 atom stereocenters. The van der Waals surface area contributed by atoms with E-state index in [1.54, 1.807) is 0 Å². The highest BCUT2D eigenvalue weighted by molar-refractivity contribution is 5.77. The van der Waals surface area contributed by atoms with Crippen LogP contribution in [0.25, 0.3) is 0 Å². The summed E-state index contributed by atoms with van der Waals surface area (Å²) in [6, 6.07) is 0.824. The standard InChI is InChI=1S/C16H30N2O/c1-3-13-7-4-8-14(10-13)18-16(19)11-15-12(2)6-5-9-17-15/h12-15,17H,3-11H2,1-2H3,(H,18,19). The molecule has 2 N–H and O–H groups in total. The quantitative estimate of drug-likeness (QED) is 0.821. The molecular weight excluding hydrogens is 236 g/mol. The molecule has 0 radical (unpaired) electrons. The number of hydrogen-bond acceptors (Lipinski definition) is 2. The molecule has 0 aromatic carbocycles. The van der Waals surface area contributed by atoms with Crippen molar-refractivity contribution in [3.8, 4) is 0 Å². The van der Waals surface area contributed by atoms with Gasteiger partial charge < -0.3 is 10.6 Å². The lowest BCUT2D eigenvalue weighted by molar-refractivity contribution is -0.123. The molecule has 2 rings (SSSR count). The summed E-state index contributed by atoms with van der Waals surface area (Å²) in [6.45, 7) is 5.60. The highest BCUT2D eigenvalue weighted by atomic mass is 16.1. The molecule has 0 aromatic rings. The molecule has 3 nitrogen and oxygen atoms in total. The van der Waals surface area contributed by atoms with Crippen LogP contribution in [0.5, 0.6) is 0 Å². The van der Waals surface area contributed by atoms with Gasteiger partial charge in [0.25, 0.3) is 0 Å². The Morgan fingerprint density at radius 3 is 2.84 bits per heavy atom. The van der Waals surface area contributed by atoms with E-state index in [9.17, 15) is 4.79 Å². The van der Waals surface area contributed by atoms with Gasteiger partial charge in [0, 0.05) is 18.5 Å². The molecule has 1 aliphatic heterocycles. The van der Waals surface area contributed by atoms with E-state index in [0.29, 0.717) is 24.4 Å². The van der Waals surface area contributed by atoms with Gasteiger partial charge in [-0.1, -0.05) is 33.1 Å². The monoisotopic (exact) mass is 266 g/mol. The fourth-order valence-electron chi connectivity index (χ4n) is 3.67. The van der Waals surface area contributed by atoms with Crippen LogP contribution in [0.3, 0.4) is 0 Å². The summed E-state index contributed by atoms with van der Waals surface area (Å²) in [5.74, 6) is 1.72. The van der Waals surface area contributed by atoms with E-state index in [4.69, 9.17) is 0 Å². The Hall–Kier alpha value is -0.570. The van der Waals surface area contributed by atoms with Gasteiger partial charge in [-0.25, -0.2) is 0 Å². The molecule has 0 spiro atoms. The van der Waals surface area contributed by atoms with E-state index < -0.39 is 0 Å². The summed E-state index contributed by atoms with van der Waals surface area (Å²) in [4.78, 5) is 12.2.